The van der Waals surface area contributed by atoms with E-state index in [-0.39, 0.29) is 198 Å². The summed E-state index contributed by atoms with van der Waals surface area (Å²) in [5.74, 6) is -1.97. The zero-order valence-corrected chi connectivity index (χ0v) is 66.2. The number of nitrogens with two attached hydrogens (primary N) is 1. The molecule has 5 aromatic heterocycles. The number of epoxide rings is 1. The van der Waals surface area contributed by atoms with Crippen LogP contribution in [0, 0.1) is 17.0 Å². The molecule has 101 heavy (non-hydrogen) atoms. The largest absolute Gasteiger partial charge is 0.479 e. The quantitative estimate of drug-likeness (QED) is 0.0112. The van der Waals surface area contributed by atoms with Crippen LogP contribution in [0.2, 0.25) is 13.6 Å². The van der Waals surface area contributed by atoms with Crippen LogP contribution >= 0.6 is 45.6 Å². The monoisotopic (exact) mass is 1780 g/mol. The average Bonchev–Trinajstić information content (AvgIpc) is 1.59. The number of rotatable bonds is 28. The van der Waals surface area contributed by atoms with E-state index < -0.39 is 101 Å². The van der Waals surface area contributed by atoms with Crippen molar-refractivity contribution in [3.63, 3.8) is 0 Å². The second-order valence-electron chi connectivity index (χ2n) is 20.6. The number of carboxylic acid groups (broad SMARTS) is 1. The summed E-state index contributed by atoms with van der Waals surface area (Å²) >= 11 is 0. The minimum Gasteiger partial charge on any atom is -0.479 e. The molecular weight excluding hydrogens is 1670 g/mol. The molecule has 0 amide bonds. The zero-order valence-electron chi connectivity index (χ0n) is 52.3. The first-order valence-electron chi connectivity index (χ1n) is 27.2. The van der Waals surface area contributed by atoms with E-state index in [4.69, 9.17) is 84.3 Å². The van der Waals surface area contributed by atoms with Gasteiger partial charge in [-0.1, -0.05) is 68.3 Å². The molecule has 6 heterocycles. The normalized spacial score (nSPS) is 13.4. The van der Waals surface area contributed by atoms with Crippen molar-refractivity contribution in [1.29, 1.82) is 0 Å². The Bertz CT molecular complexity index is 3240. The van der Waals surface area contributed by atoms with Gasteiger partial charge in [-0.15, -0.1) is 19.3 Å². The number of ether oxygens (including phenoxy) is 1. The van der Waals surface area contributed by atoms with E-state index in [9.17, 15) is 47.5 Å². The van der Waals surface area contributed by atoms with Crippen molar-refractivity contribution in [2.75, 3.05) is 26.2 Å². The van der Waals surface area contributed by atoms with Crippen LogP contribution in [-0.4, -0.2) is 180 Å². The minimum absolute atomic E-state index is 0. The summed E-state index contributed by atoms with van der Waals surface area (Å²) in [6, 6.07) is 16.5. The second kappa shape index (κ2) is 57.3. The summed E-state index contributed by atoms with van der Waals surface area (Å²) in [5, 5.41) is 55.6. The minimum atomic E-state index is -5.18. The van der Waals surface area contributed by atoms with Crippen molar-refractivity contribution in [2.24, 2.45) is 5.73 Å². The number of aliphatic hydroxyl groups is 3. The van der Waals surface area contributed by atoms with Gasteiger partial charge in [-0.3, -0.25) is 42.3 Å². The Hall–Kier alpha value is -0.798. The Morgan fingerprint density at radius 3 is 1.23 bits per heavy atom. The number of aliphatic hydroxyl groups excluding tert-OH is 2. The van der Waals surface area contributed by atoms with Gasteiger partial charge in [0.1, 0.15) is 12.2 Å². The van der Waals surface area contributed by atoms with Crippen LogP contribution in [0.4, 0.5) is 0 Å². The number of aromatic nitrogens is 5. The molecule has 0 spiro atoms. The molecular formula is C56H107B2N8O26P6Y3-. The van der Waals surface area contributed by atoms with Crippen LogP contribution in [0.1, 0.15) is 93.1 Å². The van der Waals surface area contributed by atoms with Crippen molar-refractivity contribution in [1.82, 2.24) is 25.4 Å². The number of carbonyl (C=O) groups is 1. The fourth-order valence-electron chi connectivity index (χ4n) is 6.96. The molecule has 0 saturated carbocycles. The third-order valence-corrected chi connectivity index (χ3v) is 20.7. The van der Waals surface area contributed by atoms with Crippen LogP contribution in [-0.2, 0) is 180 Å². The molecule has 573 valence electrons. The summed E-state index contributed by atoms with van der Waals surface area (Å²) in [6.07, 6.45) is 14.3. The number of hydrogen-bond acceptors (Lipinski definition) is 19. The van der Waals surface area contributed by atoms with Crippen LogP contribution in [0.3, 0.4) is 0 Å². The Morgan fingerprint density at radius 2 is 0.931 bits per heavy atom. The molecule has 22 N–H and O–H groups in total. The van der Waals surface area contributed by atoms with E-state index >= 15 is 0 Å². The van der Waals surface area contributed by atoms with Crippen LogP contribution in [0.15, 0.2) is 123 Å². The molecule has 6 rings (SSSR count). The van der Waals surface area contributed by atoms with Gasteiger partial charge in [-0.05, 0) is 72.7 Å². The molecule has 0 bridgehead atoms. The Kier molecular flexibility index (Phi) is 67.3. The van der Waals surface area contributed by atoms with Gasteiger partial charge in [-0.2, -0.15) is 37.7 Å². The molecule has 3 radical (unpaired) electrons. The van der Waals surface area contributed by atoms with Crippen molar-refractivity contribution < 1.29 is 233 Å². The van der Waals surface area contributed by atoms with Gasteiger partial charge in [-0.25, -0.2) is 13.9 Å². The molecule has 1 saturated heterocycles. The molecule has 1 aliphatic rings. The second-order valence-corrected chi connectivity index (χ2v) is 32.0. The fraction of sp³-hybridized carbons (Fsp3) is 0.482. The van der Waals surface area contributed by atoms with E-state index in [2.05, 4.69) is 25.4 Å². The number of aliphatic carboxylic acids is 1. The maximum atomic E-state index is 11.1. The Balaban J connectivity index is -0.000000143. The predicted molar refractivity (Wildman–Crippen MR) is 375 cm³/mol. The van der Waals surface area contributed by atoms with Gasteiger partial charge in [0, 0.05) is 173 Å². The van der Waals surface area contributed by atoms with E-state index in [1.165, 1.54) is 69.8 Å². The van der Waals surface area contributed by atoms with Gasteiger partial charge >= 0.3 is 42.9 Å². The van der Waals surface area contributed by atoms with Crippen molar-refractivity contribution >= 4 is 65.6 Å². The molecule has 34 nitrogen and oxygen atoms in total. The molecule has 4 atom stereocenters. The summed E-state index contributed by atoms with van der Waals surface area (Å²) < 4.78 is 74.2. The number of hydrogen-bond donors (Lipinski definition) is 21. The number of nitrogens with zero attached hydrogens (tertiary/aromatic N) is 5. The number of pyridine rings is 5. The smallest absolute Gasteiger partial charge is 0.373 e. The molecule has 1 fully saturated rings. The molecule has 45 heteroatoms. The van der Waals surface area contributed by atoms with Crippen LogP contribution < -0.4 is 25.3 Å². The van der Waals surface area contributed by atoms with Crippen LogP contribution in [0.25, 0.3) is 0 Å². The summed E-state index contributed by atoms with van der Waals surface area (Å²) in [4.78, 5) is 129. The third-order valence-electron chi connectivity index (χ3n) is 12.2. The summed E-state index contributed by atoms with van der Waals surface area (Å²) in [7, 11) is -28.3. The van der Waals surface area contributed by atoms with Crippen LogP contribution in [0.5, 0.6) is 0 Å². The van der Waals surface area contributed by atoms with Crippen molar-refractivity contribution in [3.05, 3.63) is 167 Å². The first-order valence-corrected chi connectivity index (χ1v) is 37.0. The summed E-state index contributed by atoms with van der Waals surface area (Å²) in [6.45, 7) is 10.3. The molecule has 5 aromatic rings. The van der Waals surface area contributed by atoms with E-state index in [0.717, 1.165) is 29.8 Å². The Morgan fingerprint density at radius 1 is 0.594 bits per heavy atom. The third kappa shape index (κ3) is 53.6. The van der Waals surface area contributed by atoms with E-state index in [0.29, 0.717) is 24.8 Å². The topological polar surface area (TPSA) is 593 Å². The first kappa shape index (κ1) is 119. The number of carboxylic acids is 1. The molecule has 4 unspecified atom stereocenters. The van der Waals surface area contributed by atoms with Gasteiger partial charge in [0.2, 0.25) is 0 Å². The maximum absolute atomic E-state index is 11.1. The van der Waals surface area contributed by atoms with E-state index in [1.54, 1.807) is 96.4 Å². The molecule has 0 aromatic carbocycles. The SMILES string of the molecule is C.C.C.C.C.C.CB(O)NCC(O)C[n+]1cccc(C[C-](C)P(=O)(O)O)c1.CB(O)NCC1CO1.C[C-](Cc1ccc[n+](CC(O)CN)c1)P(=O)(O)O.C[C-](Cc1cccnc1)P(=O)(O)O.O=C(O)C(O)(Cc1cccnc1)P(=O)(O)O.O=P(O)(O)C(Cc1cccnc1)P(=O)(O)O.[Y].[Y].[Y]. The van der Waals surface area contributed by atoms with E-state index in [1.807, 2.05) is 0 Å². The molecule has 1 aliphatic heterocycles. The van der Waals surface area contributed by atoms with Crippen molar-refractivity contribution in [2.45, 2.75) is 153 Å². The number of nitrogens with one attached hydrogen (secondary N) is 2. The first-order chi connectivity index (χ1) is 42.3. The average molecular weight is 1780 g/mol. The fourth-order valence-corrected chi connectivity index (χ4v) is 11.2. The Labute approximate surface area is 670 Å². The predicted octanol–water partition coefficient (Wildman–Crippen LogP) is 3.00. The van der Waals surface area contributed by atoms with Crippen molar-refractivity contribution in [3.8, 4) is 0 Å². The maximum Gasteiger partial charge on any atom is 0.373 e. The molecule has 0 aliphatic carbocycles. The zero-order chi connectivity index (χ0) is 70.5. The van der Waals surface area contributed by atoms with Gasteiger partial charge in [0.05, 0.1) is 12.7 Å². The van der Waals surface area contributed by atoms with Gasteiger partial charge < -0.3 is 110 Å². The standard InChI is InChI=1S/C12H22BN2O5P.C11H19N2O4P.C8H10NO6P.C8H11NO3P.C7H11NO6P2.C4H10BNO2.6CH4.3Y/c1-10(21(18,19)20)6-11-4-3-5-15(8-11)9-12(16)7-14-13(2)17;1-9(18(15,16)17)5-10-3-2-4-13(7-10)8-11(14)6-12;10-7(11)8(12,16(13,14)15)4-6-2-1-3-9-5-6;1-7(13(10,11)12)5-8-3-2-4-9-6-8;9-15(10,11)7(16(12,13)14)4-6-2-1-3-8-5-6;1-5(7)6-2-4-3-8-4;;;;;;;;;/h3-5,8,12,14,16-17H,6-7,9H2,1-2H3,(H2,18,19,20);2-4,7,11,14H,5-6,8,12H2,1H3,(H2,15,16,17);1-3,5,12H,4H2,(H,10,11)(H2,13,14,15);2-4,6H,5H2,1H3,(H2,10,11,12);1-3,5,7H,4H2,(H2,9,10,11)(H2,12,13,14);4,6-7H,2-3H2,1H3;6*1H4;;;/q;;;-1;;;;;;;;;;;. The van der Waals surface area contributed by atoms with Gasteiger partial charge in [0.25, 0.3) is 5.34 Å². The summed E-state index contributed by atoms with van der Waals surface area (Å²) in [5.41, 5.74) is 8.65. The van der Waals surface area contributed by atoms with Gasteiger partial charge in [0.15, 0.2) is 66.1 Å².